The third-order valence-electron chi connectivity index (χ3n) is 2.14. The Hall–Kier alpha value is -1.62. The van der Waals surface area contributed by atoms with E-state index in [0.29, 0.717) is 5.56 Å². The SMILES string of the molecule is NC1CC1NC(=O)c1cncc(O)c1. The molecule has 5 nitrogen and oxygen atoms in total. The molecular weight excluding hydrogens is 182 g/mol. The number of nitrogens with one attached hydrogen (secondary N) is 1. The normalized spacial score (nSPS) is 24.4. The molecule has 0 spiro atoms. The molecule has 0 bridgehead atoms. The highest BCUT2D eigenvalue weighted by atomic mass is 16.3. The molecule has 0 saturated heterocycles. The lowest BCUT2D eigenvalue weighted by atomic mass is 10.2. The van der Waals surface area contributed by atoms with Gasteiger partial charge in [0.25, 0.3) is 5.91 Å². The van der Waals surface area contributed by atoms with Crippen LogP contribution in [0.15, 0.2) is 18.5 Å². The van der Waals surface area contributed by atoms with Crippen LogP contribution in [0.4, 0.5) is 0 Å². The lowest BCUT2D eigenvalue weighted by molar-refractivity contribution is 0.0949. The van der Waals surface area contributed by atoms with Crippen LogP contribution in [-0.2, 0) is 0 Å². The molecule has 0 aromatic carbocycles. The van der Waals surface area contributed by atoms with Gasteiger partial charge in [-0.2, -0.15) is 0 Å². The van der Waals surface area contributed by atoms with E-state index in [1.54, 1.807) is 0 Å². The fraction of sp³-hybridized carbons (Fsp3) is 0.333. The Labute approximate surface area is 81.0 Å². The summed E-state index contributed by atoms with van der Waals surface area (Å²) in [6, 6.07) is 1.52. The molecule has 74 valence electrons. The lowest BCUT2D eigenvalue weighted by Crippen LogP contribution is -2.29. The number of rotatable bonds is 2. The number of nitrogens with two attached hydrogens (primary N) is 1. The number of nitrogens with zero attached hydrogens (tertiary/aromatic N) is 1. The van der Waals surface area contributed by atoms with Crippen LogP contribution in [0.5, 0.6) is 5.75 Å². The van der Waals surface area contributed by atoms with Crippen LogP contribution < -0.4 is 11.1 Å². The van der Waals surface area contributed by atoms with E-state index in [9.17, 15) is 4.79 Å². The van der Waals surface area contributed by atoms with Crippen molar-refractivity contribution in [1.82, 2.24) is 10.3 Å². The van der Waals surface area contributed by atoms with Gasteiger partial charge >= 0.3 is 0 Å². The van der Waals surface area contributed by atoms with Crippen LogP contribution in [0, 0.1) is 0 Å². The van der Waals surface area contributed by atoms with E-state index >= 15 is 0 Å². The van der Waals surface area contributed by atoms with Crippen LogP contribution in [0.1, 0.15) is 16.8 Å². The number of amides is 1. The lowest BCUT2D eigenvalue weighted by Gasteiger charge is -2.02. The van der Waals surface area contributed by atoms with Gasteiger partial charge in [-0.15, -0.1) is 0 Å². The van der Waals surface area contributed by atoms with Gasteiger partial charge in [-0.25, -0.2) is 0 Å². The zero-order valence-electron chi connectivity index (χ0n) is 7.47. The van der Waals surface area contributed by atoms with Crippen LogP contribution in [-0.4, -0.2) is 28.1 Å². The second kappa shape index (κ2) is 3.26. The molecule has 14 heavy (non-hydrogen) atoms. The third-order valence-corrected chi connectivity index (χ3v) is 2.14. The van der Waals surface area contributed by atoms with E-state index < -0.39 is 0 Å². The zero-order chi connectivity index (χ0) is 10.1. The molecule has 5 heteroatoms. The van der Waals surface area contributed by atoms with E-state index in [1.807, 2.05) is 0 Å². The monoisotopic (exact) mass is 193 g/mol. The maximum absolute atomic E-state index is 11.5. The first-order chi connectivity index (χ1) is 6.66. The molecular formula is C9H11N3O2. The van der Waals surface area contributed by atoms with Gasteiger partial charge in [-0.1, -0.05) is 0 Å². The molecule has 1 saturated carbocycles. The summed E-state index contributed by atoms with van der Waals surface area (Å²) in [6.45, 7) is 0. The predicted molar refractivity (Wildman–Crippen MR) is 49.7 cm³/mol. The van der Waals surface area contributed by atoms with Gasteiger partial charge in [-0.05, 0) is 12.5 Å². The molecule has 1 amide bonds. The van der Waals surface area contributed by atoms with Crippen molar-refractivity contribution in [3.63, 3.8) is 0 Å². The largest absolute Gasteiger partial charge is 0.506 e. The second-order valence-corrected chi connectivity index (χ2v) is 3.41. The predicted octanol–water partition coefficient (Wildman–Crippen LogP) is -0.383. The summed E-state index contributed by atoms with van der Waals surface area (Å²) in [5, 5.41) is 11.8. The number of hydrogen-bond acceptors (Lipinski definition) is 4. The Morgan fingerprint density at radius 2 is 2.36 bits per heavy atom. The zero-order valence-corrected chi connectivity index (χ0v) is 7.47. The minimum Gasteiger partial charge on any atom is -0.506 e. The van der Waals surface area contributed by atoms with E-state index in [-0.39, 0.29) is 23.7 Å². The number of aromatic hydroxyl groups is 1. The fourth-order valence-electron chi connectivity index (χ4n) is 1.18. The minimum atomic E-state index is -0.244. The summed E-state index contributed by atoms with van der Waals surface area (Å²) in [7, 11) is 0. The first-order valence-corrected chi connectivity index (χ1v) is 4.37. The smallest absolute Gasteiger partial charge is 0.253 e. The molecule has 2 rings (SSSR count). The van der Waals surface area contributed by atoms with Crippen LogP contribution in [0.2, 0.25) is 0 Å². The molecule has 0 radical (unpaired) electrons. The Balaban J connectivity index is 2.03. The topological polar surface area (TPSA) is 88.2 Å². The summed E-state index contributed by atoms with van der Waals surface area (Å²) in [5.74, 6) is -0.260. The number of hydrogen-bond donors (Lipinski definition) is 3. The fourth-order valence-corrected chi connectivity index (χ4v) is 1.18. The Morgan fingerprint density at radius 1 is 1.64 bits per heavy atom. The van der Waals surface area contributed by atoms with Crippen molar-refractivity contribution < 1.29 is 9.90 Å². The molecule has 2 unspecified atom stereocenters. The van der Waals surface area contributed by atoms with Gasteiger partial charge in [0, 0.05) is 18.3 Å². The first-order valence-electron chi connectivity index (χ1n) is 4.37. The molecule has 1 aromatic heterocycles. The van der Waals surface area contributed by atoms with Crippen molar-refractivity contribution in [3.05, 3.63) is 24.0 Å². The molecule has 0 aliphatic heterocycles. The van der Waals surface area contributed by atoms with Gasteiger partial charge in [0.2, 0.25) is 0 Å². The van der Waals surface area contributed by atoms with Crippen LogP contribution >= 0.6 is 0 Å². The van der Waals surface area contributed by atoms with Crippen molar-refractivity contribution in [2.45, 2.75) is 18.5 Å². The van der Waals surface area contributed by atoms with Gasteiger partial charge in [0.15, 0.2) is 0 Å². The quantitative estimate of drug-likeness (QED) is 0.597. The maximum atomic E-state index is 11.5. The molecule has 1 aromatic rings. The minimum absolute atomic E-state index is 0.0160. The van der Waals surface area contributed by atoms with Gasteiger partial charge in [0.1, 0.15) is 5.75 Å². The van der Waals surface area contributed by atoms with Gasteiger partial charge in [-0.3, -0.25) is 9.78 Å². The van der Waals surface area contributed by atoms with Gasteiger partial charge in [0.05, 0.1) is 11.8 Å². The van der Waals surface area contributed by atoms with Crippen molar-refractivity contribution >= 4 is 5.91 Å². The molecule has 2 atom stereocenters. The van der Waals surface area contributed by atoms with E-state index in [1.165, 1.54) is 18.5 Å². The highest BCUT2D eigenvalue weighted by Gasteiger charge is 2.34. The van der Waals surface area contributed by atoms with E-state index in [0.717, 1.165) is 6.42 Å². The number of carbonyl (C=O) groups excluding carboxylic acids is 1. The average Bonchev–Trinajstić information content (AvgIpc) is 2.81. The highest BCUT2D eigenvalue weighted by molar-refractivity contribution is 5.94. The molecule has 1 aliphatic rings. The van der Waals surface area contributed by atoms with Crippen LogP contribution in [0.25, 0.3) is 0 Å². The maximum Gasteiger partial charge on any atom is 0.253 e. The molecule has 1 heterocycles. The molecule has 1 fully saturated rings. The Kier molecular flexibility index (Phi) is 2.09. The van der Waals surface area contributed by atoms with Gasteiger partial charge < -0.3 is 16.2 Å². The average molecular weight is 193 g/mol. The number of carbonyl (C=O) groups is 1. The number of pyridine rings is 1. The summed E-state index contributed by atoms with van der Waals surface area (Å²) >= 11 is 0. The highest BCUT2D eigenvalue weighted by Crippen LogP contribution is 2.18. The second-order valence-electron chi connectivity index (χ2n) is 3.41. The summed E-state index contributed by atoms with van der Waals surface area (Å²) in [5.41, 5.74) is 5.89. The summed E-state index contributed by atoms with van der Waals surface area (Å²) in [4.78, 5) is 15.2. The van der Waals surface area contributed by atoms with E-state index in [2.05, 4.69) is 10.3 Å². The molecule has 1 aliphatic carbocycles. The summed E-state index contributed by atoms with van der Waals surface area (Å²) < 4.78 is 0. The Morgan fingerprint density at radius 3 is 2.93 bits per heavy atom. The summed E-state index contributed by atoms with van der Waals surface area (Å²) in [6.07, 6.45) is 3.50. The van der Waals surface area contributed by atoms with Crippen molar-refractivity contribution in [1.29, 1.82) is 0 Å². The van der Waals surface area contributed by atoms with E-state index in [4.69, 9.17) is 10.8 Å². The Bertz CT molecular complexity index is 367. The van der Waals surface area contributed by atoms with Crippen LogP contribution in [0.3, 0.4) is 0 Å². The molecule has 4 N–H and O–H groups in total. The number of aromatic nitrogens is 1. The van der Waals surface area contributed by atoms with Crippen molar-refractivity contribution in [3.8, 4) is 5.75 Å². The standard InChI is InChI=1S/C9H11N3O2/c10-7-2-8(7)12-9(14)5-1-6(13)4-11-3-5/h1,3-4,7-8,13H,2,10H2,(H,12,14). The van der Waals surface area contributed by atoms with Crippen molar-refractivity contribution in [2.75, 3.05) is 0 Å². The first kappa shape index (κ1) is 8.96. The van der Waals surface area contributed by atoms with Crippen molar-refractivity contribution in [2.24, 2.45) is 5.73 Å². The third kappa shape index (κ3) is 1.82.